The summed E-state index contributed by atoms with van der Waals surface area (Å²) in [6, 6.07) is 11.1. The number of aromatic nitrogens is 2. The number of likely N-dealkylation sites (tertiary alicyclic amines) is 1. The van der Waals surface area contributed by atoms with Crippen molar-refractivity contribution in [2.45, 2.75) is 79.1 Å². The second-order valence-electron chi connectivity index (χ2n) is 11.2. The second kappa shape index (κ2) is 12.3. The number of aromatic amines is 1. The topological polar surface area (TPSA) is 90.6 Å². The van der Waals surface area contributed by atoms with E-state index in [2.05, 4.69) is 59.0 Å². The highest BCUT2D eigenvalue weighted by Crippen LogP contribution is 2.35. The number of carbonyl (C=O) groups is 1. The van der Waals surface area contributed by atoms with Crippen LogP contribution in [0, 0.1) is 20.8 Å². The van der Waals surface area contributed by atoms with Crippen LogP contribution >= 0.6 is 0 Å². The Morgan fingerprint density at radius 1 is 1.12 bits per heavy atom. The molecule has 2 unspecified atom stereocenters. The Morgan fingerprint density at radius 3 is 2.40 bits per heavy atom. The standard InChI is InChI=1S/C32H43N5O3/c1-9-37(26-13-21(4)36(7)22(5)14-26)29-16-25(24-10-11-30(40-8)33-17-24)15-27(23(29)6)31(38)34-18-28-19(2)12-20(3)35-32(28)39/h10-12,15-17,21-22,26H,9,13-14,18H2,1-8H3,(H,34,38)(H,35,39)/t21-,22?,26?/m1/s1. The minimum atomic E-state index is -0.206. The first-order chi connectivity index (χ1) is 19.0. The molecule has 214 valence electrons. The zero-order valence-corrected chi connectivity index (χ0v) is 25.1. The summed E-state index contributed by atoms with van der Waals surface area (Å²) in [6.45, 7) is 13.5. The van der Waals surface area contributed by atoms with Gasteiger partial charge >= 0.3 is 0 Å². The molecule has 4 rings (SSSR count). The van der Waals surface area contributed by atoms with Gasteiger partial charge in [0.2, 0.25) is 5.88 Å². The van der Waals surface area contributed by atoms with Crippen molar-refractivity contribution < 1.29 is 9.53 Å². The summed E-state index contributed by atoms with van der Waals surface area (Å²) < 4.78 is 5.26. The molecule has 1 aliphatic heterocycles. The number of hydrogen-bond acceptors (Lipinski definition) is 6. The maximum atomic E-state index is 13.7. The number of pyridine rings is 2. The van der Waals surface area contributed by atoms with Gasteiger partial charge in [-0.15, -0.1) is 0 Å². The minimum absolute atomic E-state index is 0.158. The van der Waals surface area contributed by atoms with Gasteiger partial charge in [0.15, 0.2) is 0 Å². The molecule has 0 radical (unpaired) electrons. The summed E-state index contributed by atoms with van der Waals surface area (Å²) in [7, 11) is 3.80. The van der Waals surface area contributed by atoms with E-state index >= 15 is 0 Å². The average Bonchev–Trinajstić information content (AvgIpc) is 2.92. The van der Waals surface area contributed by atoms with E-state index in [-0.39, 0.29) is 18.0 Å². The lowest BCUT2D eigenvalue weighted by Crippen LogP contribution is -2.51. The molecule has 3 atom stereocenters. The minimum Gasteiger partial charge on any atom is -0.481 e. The van der Waals surface area contributed by atoms with Gasteiger partial charge < -0.3 is 24.8 Å². The molecule has 1 aromatic carbocycles. The molecule has 3 aromatic rings. The molecule has 1 amide bonds. The zero-order chi connectivity index (χ0) is 29.1. The SMILES string of the molecule is CCN(c1cc(-c2ccc(OC)nc2)cc(C(=O)NCc2c(C)cc(C)[nH]c2=O)c1C)C1CC(C)N(C)[C@H](C)C1. The van der Waals surface area contributed by atoms with Gasteiger partial charge in [-0.1, -0.05) is 0 Å². The number of anilines is 1. The maximum Gasteiger partial charge on any atom is 0.253 e. The number of nitrogens with zero attached hydrogens (tertiary/aromatic N) is 3. The first kappa shape index (κ1) is 29.3. The molecule has 8 heteroatoms. The van der Waals surface area contributed by atoms with Gasteiger partial charge in [-0.05, 0) is 102 Å². The van der Waals surface area contributed by atoms with Crippen molar-refractivity contribution in [3.05, 3.63) is 74.8 Å². The monoisotopic (exact) mass is 545 g/mol. The normalized spacial score (nSPS) is 19.4. The quantitative estimate of drug-likeness (QED) is 0.414. The van der Waals surface area contributed by atoms with Crippen LogP contribution in [0.1, 0.15) is 66.4 Å². The lowest BCUT2D eigenvalue weighted by atomic mass is 9.90. The zero-order valence-electron chi connectivity index (χ0n) is 25.1. The first-order valence-electron chi connectivity index (χ1n) is 14.1. The van der Waals surface area contributed by atoms with Crippen molar-refractivity contribution in [1.29, 1.82) is 0 Å². The molecule has 1 saturated heterocycles. The average molecular weight is 546 g/mol. The summed E-state index contributed by atoms with van der Waals surface area (Å²) in [4.78, 5) is 38.4. The van der Waals surface area contributed by atoms with Crippen molar-refractivity contribution in [3.8, 4) is 17.0 Å². The summed E-state index contributed by atoms with van der Waals surface area (Å²) in [5.41, 5.74) is 6.46. The van der Waals surface area contributed by atoms with E-state index in [4.69, 9.17) is 4.74 Å². The number of rotatable bonds is 8. The highest BCUT2D eigenvalue weighted by atomic mass is 16.5. The van der Waals surface area contributed by atoms with Crippen molar-refractivity contribution in [3.63, 3.8) is 0 Å². The van der Waals surface area contributed by atoms with Crippen molar-refractivity contribution in [2.75, 3.05) is 25.6 Å². The fraction of sp³-hybridized carbons (Fsp3) is 0.469. The van der Waals surface area contributed by atoms with Crippen LogP contribution in [-0.4, -0.2) is 59.6 Å². The van der Waals surface area contributed by atoms with Crippen LogP contribution in [0.3, 0.4) is 0 Å². The fourth-order valence-corrected chi connectivity index (χ4v) is 5.97. The molecule has 1 fully saturated rings. The molecule has 2 N–H and O–H groups in total. The lowest BCUT2D eigenvalue weighted by Gasteiger charge is -2.45. The number of amides is 1. The number of piperidine rings is 1. The van der Waals surface area contributed by atoms with Crippen molar-refractivity contribution >= 4 is 11.6 Å². The summed E-state index contributed by atoms with van der Waals surface area (Å²) in [5, 5.41) is 3.02. The number of methoxy groups -OCH3 is 1. The van der Waals surface area contributed by atoms with Crippen LogP contribution in [0.2, 0.25) is 0 Å². The molecule has 2 aromatic heterocycles. The Kier molecular flexibility index (Phi) is 8.98. The summed E-state index contributed by atoms with van der Waals surface area (Å²) in [6.07, 6.45) is 3.89. The van der Waals surface area contributed by atoms with E-state index in [9.17, 15) is 9.59 Å². The number of ether oxygens (including phenoxy) is 1. The second-order valence-corrected chi connectivity index (χ2v) is 11.2. The fourth-order valence-electron chi connectivity index (χ4n) is 5.97. The molecule has 0 saturated carbocycles. The maximum absolute atomic E-state index is 13.7. The Morgan fingerprint density at radius 2 is 1.82 bits per heavy atom. The predicted molar refractivity (Wildman–Crippen MR) is 161 cm³/mol. The van der Waals surface area contributed by atoms with E-state index in [1.165, 1.54) is 0 Å². The van der Waals surface area contributed by atoms with Gasteiger partial charge in [-0.25, -0.2) is 4.98 Å². The van der Waals surface area contributed by atoms with Gasteiger partial charge in [0.25, 0.3) is 11.5 Å². The third-order valence-electron chi connectivity index (χ3n) is 8.53. The van der Waals surface area contributed by atoms with E-state index in [0.717, 1.165) is 53.0 Å². The Balaban J connectivity index is 1.75. The van der Waals surface area contributed by atoms with Crippen LogP contribution in [-0.2, 0) is 6.54 Å². The van der Waals surface area contributed by atoms with E-state index < -0.39 is 0 Å². The molecule has 40 heavy (non-hydrogen) atoms. The van der Waals surface area contributed by atoms with Gasteiger partial charge in [0.05, 0.1) is 7.11 Å². The molecule has 0 spiro atoms. The van der Waals surface area contributed by atoms with Gasteiger partial charge in [0, 0.05) is 71.5 Å². The third kappa shape index (κ3) is 6.07. The molecule has 1 aliphatic rings. The molecule has 3 heterocycles. The Bertz CT molecular complexity index is 1400. The molecule has 8 nitrogen and oxygen atoms in total. The molecule has 0 aliphatic carbocycles. The van der Waals surface area contributed by atoms with Gasteiger partial charge in [-0.3, -0.25) is 9.59 Å². The van der Waals surface area contributed by atoms with Crippen LogP contribution in [0.15, 0.2) is 41.3 Å². The number of benzene rings is 1. The Hall–Kier alpha value is -3.65. The van der Waals surface area contributed by atoms with Crippen LogP contribution in [0.5, 0.6) is 5.88 Å². The van der Waals surface area contributed by atoms with E-state index in [0.29, 0.717) is 35.1 Å². The number of nitrogens with one attached hydrogen (secondary N) is 2. The smallest absolute Gasteiger partial charge is 0.253 e. The third-order valence-corrected chi connectivity index (χ3v) is 8.53. The summed E-state index contributed by atoms with van der Waals surface area (Å²) >= 11 is 0. The number of hydrogen-bond donors (Lipinski definition) is 2. The molecular weight excluding hydrogens is 502 g/mol. The van der Waals surface area contributed by atoms with Crippen LogP contribution in [0.4, 0.5) is 5.69 Å². The highest BCUT2D eigenvalue weighted by Gasteiger charge is 2.32. The highest BCUT2D eigenvalue weighted by molar-refractivity contribution is 5.99. The Labute approximate surface area is 237 Å². The number of aryl methyl sites for hydroxylation is 2. The lowest BCUT2D eigenvalue weighted by molar-refractivity contribution is 0.0950. The van der Waals surface area contributed by atoms with Gasteiger partial charge in [0.1, 0.15) is 0 Å². The van der Waals surface area contributed by atoms with Gasteiger partial charge in [-0.2, -0.15) is 0 Å². The largest absolute Gasteiger partial charge is 0.481 e. The predicted octanol–water partition coefficient (Wildman–Crippen LogP) is 5.00. The number of H-pyrrole nitrogens is 1. The molecular formula is C32H43N5O3. The number of carbonyl (C=O) groups excluding carboxylic acids is 1. The molecule has 0 bridgehead atoms. The first-order valence-corrected chi connectivity index (χ1v) is 14.1. The van der Waals surface area contributed by atoms with Crippen molar-refractivity contribution in [1.82, 2.24) is 20.2 Å². The van der Waals surface area contributed by atoms with Crippen molar-refractivity contribution in [2.24, 2.45) is 0 Å². The van der Waals surface area contributed by atoms with E-state index in [1.807, 2.05) is 45.0 Å². The summed E-state index contributed by atoms with van der Waals surface area (Å²) in [5.74, 6) is 0.333. The van der Waals surface area contributed by atoms with Crippen LogP contribution < -0.4 is 20.5 Å². The van der Waals surface area contributed by atoms with E-state index in [1.54, 1.807) is 13.3 Å². The van der Waals surface area contributed by atoms with Crippen LogP contribution in [0.25, 0.3) is 11.1 Å².